The molecule has 8 nitrogen and oxygen atoms in total. The average molecular weight is 321 g/mol. The van der Waals surface area contributed by atoms with Crippen LogP contribution in [0, 0.1) is 6.92 Å². The molecule has 2 aromatic heterocycles. The number of amides is 1. The van der Waals surface area contributed by atoms with E-state index in [9.17, 15) is 4.79 Å². The van der Waals surface area contributed by atoms with Crippen LogP contribution in [-0.4, -0.2) is 35.3 Å². The summed E-state index contributed by atoms with van der Waals surface area (Å²) in [6.07, 6.45) is 0. The van der Waals surface area contributed by atoms with Gasteiger partial charge in [0.1, 0.15) is 16.9 Å². The first-order valence-corrected chi connectivity index (χ1v) is 7.68. The lowest BCUT2D eigenvalue weighted by molar-refractivity contribution is -0.113. The highest BCUT2D eigenvalue weighted by molar-refractivity contribution is 7.99. The van der Waals surface area contributed by atoms with Gasteiger partial charge >= 0.3 is 0 Å². The summed E-state index contributed by atoms with van der Waals surface area (Å²) in [5.74, 6) is 6.34. The Labute approximate surface area is 128 Å². The van der Waals surface area contributed by atoms with E-state index in [1.165, 1.54) is 16.4 Å². The first-order chi connectivity index (χ1) is 10.1. The van der Waals surface area contributed by atoms with Gasteiger partial charge in [0.05, 0.1) is 23.2 Å². The first kappa shape index (κ1) is 13.8. The molecule has 3 aromatic rings. The van der Waals surface area contributed by atoms with Crippen molar-refractivity contribution < 1.29 is 4.79 Å². The van der Waals surface area contributed by atoms with Gasteiger partial charge in [0.25, 0.3) is 0 Å². The maximum Gasteiger partial charge on any atom is 0.234 e. The molecule has 0 spiro atoms. The number of thioether (sulfide) groups is 1. The van der Waals surface area contributed by atoms with Gasteiger partial charge in [-0.15, -0.1) is 10.2 Å². The van der Waals surface area contributed by atoms with Gasteiger partial charge in [-0.05, 0) is 19.1 Å². The molecule has 0 aliphatic carbocycles. The van der Waals surface area contributed by atoms with Crippen molar-refractivity contribution in [2.75, 3.05) is 16.9 Å². The molecular formula is C11H11N7OS2. The van der Waals surface area contributed by atoms with Crippen molar-refractivity contribution in [1.29, 1.82) is 0 Å². The number of nitrogens with zero attached hydrogens (tertiary/aromatic N) is 5. The third kappa shape index (κ3) is 2.81. The minimum atomic E-state index is -0.166. The van der Waals surface area contributed by atoms with Crippen LogP contribution in [0.4, 0.5) is 5.69 Å². The summed E-state index contributed by atoms with van der Waals surface area (Å²) in [5, 5.41) is 11.0. The van der Waals surface area contributed by atoms with Gasteiger partial charge in [-0.25, -0.2) is 4.68 Å². The SMILES string of the molecule is Cc1nnc(SCC(=O)Nc2cccc3nsnc23)n1N. The summed E-state index contributed by atoms with van der Waals surface area (Å²) >= 11 is 2.34. The van der Waals surface area contributed by atoms with Gasteiger partial charge in [0, 0.05) is 0 Å². The van der Waals surface area contributed by atoms with Crippen LogP contribution in [0.3, 0.4) is 0 Å². The van der Waals surface area contributed by atoms with Crippen LogP contribution >= 0.6 is 23.5 Å². The highest BCUT2D eigenvalue weighted by Gasteiger charge is 2.12. The minimum absolute atomic E-state index is 0.166. The second-order valence-electron chi connectivity index (χ2n) is 4.17. The number of anilines is 1. The number of benzene rings is 1. The van der Waals surface area contributed by atoms with E-state index in [-0.39, 0.29) is 11.7 Å². The molecule has 0 radical (unpaired) electrons. The van der Waals surface area contributed by atoms with Gasteiger partial charge in [-0.3, -0.25) is 4.79 Å². The molecular weight excluding hydrogens is 310 g/mol. The first-order valence-electron chi connectivity index (χ1n) is 5.96. The summed E-state index contributed by atoms with van der Waals surface area (Å²) in [7, 11) is 0. The standard InChI is InChI=1S/C11H11N7OS2/c1-6-14-15-11(18(6)12)20-5-9(19)13-7-3-2-4-8-10(7)17-21-16-8/h2-4H,5,12H2,1H3,(H,13,19). The molecule has 3 N–H and O–H groups in total. The number of nitrogens with one attached hydrogen (secondary N) is 1. The van der Waals surface area contributed by atoms with Crippen molar-refractivity contribution in [2.45, 2.75) is 12.1 Å². The largest absolute Gasteiger partial charge is 0.336 e. The Balaban J connectivity index is 1.67. The molecule has 0 bridgehead atoms. The molecule has 1 aromatic carbocycles. The fourth-order valence-electron chi connectivity index (χ4n) is 1.67. The molecule has 0 aliphatic rings. The number of rotatable bonds is 4. The Morgan fingerprint density at radius 1 is 1.43 bits per heavy atom. The minimum Gasteiger partial charge on any atom is -0.336 e. The average Bonchev–Trinajstić information content (AvgIpc) is 3.06. The number of nitrogen functional groups attached to an aromatic ring is 1. The third-order valence-electron chi connectivity index (χ3n) is 2.73. The van der Waals surface area contributed by atoms with Crippen molar-refractivity contribution in [3.63, 3.8) is 0 Å². The Morgan fingerprint density at radius 2 is 2.29 bits per heavy atom. The van der Waals surface area contributed by atoms with E-state index in [0.29, 0.717) is 22.2 Å². The lowest BCUT2D eigenvalue weighted by atomic mass is 10.2. The van der Waals surface area contributed by atoms with E-state index in [1.807, 2.05) is 12.1 Å². The lowest BCUT2D eigenvalue weighted by Crippen LogP contribution is -2.16. The van der Waals surface area contributed by atoms with Crippen LogP contribution in [0.15, 0.2) is 23.4 Å². The van der Waals surface area contributed by atoms with Crippen LogP contribution in [0.2, 0.25) is 0 Å². The molecule has 0 aliphatic heterocycles. The van der Waals surface area contributed by atoms with E-state index in [2.05, 4.69) is 24.3 Å². The normalized spacial score (nSPS) is 10.9. The van der Waals surface area contributed by atoms with Crippen molar-refractivity contribution >= 4 is 46.1 Å². The van der Waals surface area contributed by atoms with E-state index in [1.54, 1.807) is 13.0 Å². The van der Waals surface area contributed by atoms with Crippen LogP contribution in [-0.2, 0) is 4.79 Å². The number of fused-ring (bicyclic) bond motifs is 1. The Hall–Kier alpha value is -2.20. The van der Waals surface area contributed by atoms with Crippen molar-refractivity contribution in [2.24, 2.45) is 0 Å². The smallest absolute Gasteiger partial charge is 0.234 e. The Kier molecular flexibility index (Phi) is 3.71. The molecule has 21 heavy (non-hydrogen) atoms. The molecule has 0 unspecified atom stereocenters. The van der Waals surface area contributed by atoms with E-state index >= 15 is 0 Å². The zero-order valence-corrected chi connectivity index (χ0v) is 12.6. The lowest BCUT2D eigenvalue weighted by Gasteiger charge is -2.05. The van der Waals surface area contributed by atoms with E-state index < -0.39 is 0 Å². The number of aryl methyl sites for hydroxylation is 1. The molecule has 0 saturated carbocycles. The van der Waals surface area contributed by atoms with Crippen LogP contribution in [0.5, 0.6) is 0 Å². The zero-order chi connectivity index (χ0) is 14.8. The van der Waals surface area contributed by atoms with Crippen molar-refractivity contribution in [1.82, 2.24) is 23.6 Å². The number of carbonyl (C=O) groups excluding carboxylic acids is 1. The summed E-state index contributed by atoms with van der Waals surface area (Å²) in [6.45, 7) is 1.74. The van der Waals surface area contributed by atoms with E-state index in [4.69, 9.17) is 5.84 Å². The number of hydrogen-bond acceptors (Lipinski definition) is 8. The monoisotopic (exact) mass is 321 g/mol. The summed E-state index contributed by atoms with van der Waals surface area (Å²) in [6, 6.07) is 5.47. The maximum absolute atomic E-state index is 12.0. The Bertz CT molecular complexity index is 797. The Morgan fingerprint density at radius 3 is 3.05 bits per heavy atom. The fourth-order valence-corrected chi connectivity index (χ4v) is 2.92. The molecule has 10 heteroatoms. The fraction of sp³-hybridized carbons (Fsp3) is 0.182. The van der Waals surface area contributed by atoms with Gasteiger partial charge < -0.3 is 11.2 Å². The topological polar surface area (TPSA) is 112 Å². The predicted octanol–water partition coefficient (Wildman–Crippen LogP) is 1.04. The van der Waals surface area contributed by atoms with Crippen LogP contribution in [0.25, 0.3) is 11.0 Å². The van der Waals surface area contributed by atoms with Crippen molar-refractivity contribution in [3.05, 3.63) is 24.0 Å². The predicted molar refractivity (Wildman–Crippen MR) is 81.7 cm³/mol. The second-order valence-corrected chi connectivity index (χ2v) is 5.65. The summed E-state index contributed by atoms with van der Waals surface area (Å²) in [5.41, 5.74) is 2.11. The van der Waals surface area contributed by atoms with Crippen LogP contribution < -0.4 is 11.2 Å². The van der Waals surface area contributed by atoms with E-state index in [0.717, 1.165) is 17.2 Å². The molecule has 0 fully saturated rings. The zero-order valence-electron chi connectivity index (χ0n) is 11.0. The van der Waals surface area contributed by atoms with Gasteiger partial charge in [0.15, 0.2) is 0 Å². The molecule has 1 amide bonds. The molecule has 2 heterocycles. The van der Waals surface area contributed by atoms with Gasteiger partial charge in [0.2, 0.25) is 11.1 Å². The third-order valence-corrected chi connectivity index (χ3v) is 4.21. The highest BCUT2D eigenvalue weighted by atomic mass is 32.2. The maximum atomic E-state index is 12.0. The highest BCUT2D eigenvalue weighted by Crippen LogP contribution is 2.22. The second kappa shape index (κ2) is 5.66. The molecule has 0 saturated heterocycles. The summed E-state index contributed by atoms with van der Waals surface area (Å²) in [4.78, 5) is 12.0. The number of nitrogens with two attached hydrogens (primary N) is 1. The van der Waals surface area contributed by atoms with Crippen LogP contribution in [0.1, 0.15) is 5.82 Å². The molecule has 108 valence electrons. The number of aromatic nitrogens is 5. The number of hydrogen-bond donors (Lipinski definition) is 2. The number of carbonyl (C=O) groups is 1. The summed E-state index contributed by atoms with van der Waals surface area (Å²) < 4.78 is 9.65. The quantitative estimate of drug-likeness (QED) is 0.545. The van der Waals surface area contributed by atoms with Gasteiger partial charge in [-0.1, -0.05) is 17.8 Å². The van der Waals surface area contributed by atoms with Gasteiger partial charge in [-0.2, -0.15) is 8.75 Å². The molecule has 3 rings (SSSR count). The molecule has 0 atom stereocenters. The van der Waals surface area contributed by atoms with Crippen molar-refractivity contribution in [3.8, 4) is 0 Å².